The number of benzene rings is 3. The molecule has 1 fully saturated rings. The molecule has 3 aromatic rings. The second-order valence-electron chi connectivity index (χ2n) is 9.33. The van der Waals surface area contributed by atoms with Crippen LogP contribution in [0.4, 0.5) is 22.0 Å². The van der Waals surface area contributed by atoms with Crippen molar-refractivity contribution < 1.29 is 26.7 Å². The van der Waals surface area contributed by atoms with E-state index in [1.165, 1.54) is 23.8 Å². The van der Waals surface area contributed by atoms with Gasteiger partial charge in [0, 0.05) is 0 Å². The number of halogens is 5. The lowest BCUT2D eigenvalue weighted by Gasteiger charge is -2.32. The van der Waals surface area contributed by atoms with Gasteiger partial charge in [-0.2, -0.15) is 13.2 Å². The van der Waals surface area contributed by atoms with Gasteiger partial charge in [0.25, 0.3) is 0 Å². The third-order valence-corrected chi connectivity index (χ3v) is 6.80. The van der Waals surface area contributed by atoms with Gasteiger partial charge in [-0.15, -0.1) is 0 Å². The molecule has 1 heterocycles. The number of likely N-dealkylation sites (tertiary alicyclic amines) is 1. The number of nitrogens with zero attached hydrogens (tertiary/aromatic N) is 1. The normalized spacial score (nSPS) is 16.1. The molecular formula is C29H30F5NO. The highest BCUT2D eigenvalue weighted by atomic mass is 19.4. The number of alkyl halides is 3. The van der Waals surface area contributed by atoms with Crippen LogP contribution in [0.25, 0.3) is 0 Å². The van der Waals surface area contributed by atoms with E-state index in [0.717, 1.165) is 45.0 Å². The molecule has 7 heteroatoms. The first-order valence-corrected chi connectivity index (χ1v) is 12.4. The third kappa shape index (κ3) is 7.06. The molecule has 192 valence electrons. The van der Waals surface area contributed by atoms with Gasteiger partial charge in [-0.1, -0.05) is 42.5 Å². The number of rotatable bonds is 9. The lowest BCUT2D eigenvalue weighted by molar-refractivity contribution is -0.137. The van der Waals surface area contributed by atoms with Crippen LogP contribution in [-0.2, 0) is 6.18 Å². The number of unbranched alkanes of at least 4 members (excludes halogenated alkanes) is 1. The average Bonchev–Trinajstić information content (AvgIpc) is 2.87. The monoisotopic (exact) mass is 503 g/mol. The van der Waals surface area contributed by atoms with Crippen LogP contribution in [0.2, 0.25) is 0 Å². The quantitative estimate of drug-likeness (QED) is 0.216. The zero-order valence-corrected chi connectivity index (χ0v) is 20.0. The minimum absolute atomic E-state index is 0.430. The third-order valence-electron chi connectivity index (χ3n) is 6.80. The minimum atomic E-state index is -4.62. The van der Waals surface area contributed by atoms with Crippen molar-refractivity contribution in [3.8, 4) is 5.75 Å². The first-order chi connectivity index (χ1) is 17.3. The molecule has 1 unspecified atom stereocenters. The summed E-state index contributed by atoms with van der Waals surface area (Å²) in [6.45, 7) is 2.92. The zero-order chi connectivity index (χ0) is 25.5. The van der Waals surface area contributed by atoms with E-state index in [-0.39, 0.29) is 0 Å². The molecule has 36 heavy (non-hydrogen) atoms. The fourth-order valence-corrected chi connectivity index (χ4v) is 4.80. The maximum Gasteiger partial charge on any atom is 0.416 e. The standard InChI is InChI=1S/C29H30F5NO/c30-25-10-6-9-23(19-25)27(36-28-20-24(29(32,33)34)12-13-26(28)31)11-4-5-16-35-17-14-22(15-18-35)21-7-2-1-3-8-21/h1-3,6-10,12-13,19-20,22,27H,4-5,11,14-18H2. The van der Waals surface area contributed by atoms with Crippen LogP contribution < -0.4 is 4.74 Å². The molecule has 0 aromatic heterocycles. The fourth-order valence-electron chi connectivity index (χ4n) is 4.80. The summed E-state index contributed by atoms with van der Waals surface area (Å²) in [5.74, 6) is -1.27. The van der Waals surface area contributed by atoms with Crippen molar-refractivity contribution in [1.29, 1.82) is 0 Å². The molecule has 0 spiro atoms. The van der Waals surface area contributed by atoms with Gasteiger partial charge in [-0.05, 0) is 99.1 Å². The van der Waals surface area contributed by atoms with E-state index in [0.29, 0.717) is 36.5 Å². The Kier molecular flexibility index (Phi) is 8.62. The molecule has 1 aliphatic rings. The maximum atomic E-state index is 14.3. The van der Waals surface area contributed by atoms with Crippen molar-refractivity contribution in [1.82, 2.24) is 4.90 Å². The predicted molar refractivity (Wildman–Crippen MR) is 130 cm³/mol. The summed E-state index contributed by atoms with van der Waals surface area (Å²) in [6, 6.07) is 18.4. The predicted octanol–water partition coefficient (Wildman–Crippen LogP) is 8.15. The highest BCUT2D eigenvalue weighted by Gasteiger charge is 2.32. The van der Waals surface area contributed by atoms with Crippen LogP contribution in [0.1, 0.15) is 60.8 Å². The van der Waals surface area contributed by atoms with E-state index in [1.54, 1.807) is 6.07 Å². The lowest BCUT2D eigenvalue weighted by atomic mass is 9.89. The maximum absolute atomic E-state index is 14.3. The van der Waals surface area contributed by atoms with Crippen molar-refractivity contribution in [3.63, 3.8) is 0 Å². The molecule has 1 atom stereocenters. The Balaban J connectivity index is 1.34. The molecular weight excluding hydrogens is 473 g/mol. The largest absolute Gasteiger partial charge is 0.483 e. The summed E-state index contributed by atoms with van der Waals surface area (Å²) in [4.78, 5) is 2.42. The van der Waals surface area contributed by atoms with Crippen LogP contribution in [0, 0.1) is 11.6 Å². The summed E-state index contributed by atoms with van der Waals surface area (Å²) >= 11 is 0. The van der Waals surface area contributed by atoms with Gasteiger partial charge in [0.2, 0.25) is 0 Å². The highest BCUT2D eigenvalue weighted by Crippen LogP contribution is 2.35. The summed E-state index contributed by atoms with van der Waals surface area (Å²) in [5.41, 5.74) is 0.861. The molecule has 4 rings (SSSR count). The minimum Gasteiger partial charge on any atom is -0.483 e. The highest BCUT2D eigenvalue weighted by molar-refractivity contribution is 5.33. The molecule has 0 bridgehead atoms. The molecule has 1 aliphatic heterocycles. The van der Waals surface area contributed by atoms with E-state index in [2.05, 4.69) is 29.2 Å². The van der Waals surface area contributed by atoms with E-state index in [1.807, 2.05) is 6.07 Å². The summed E-state index contributed by atoms with van der Waals surface area (Å²) < 4.78 is 73.3. The second-order valence-corrected chi connectivity index (χ2v) is 9.33. The smallest absolute Gasteiger partial charge is 0.416 e. The number of hydrogen-bond donors (Lipinski definition) is 0. The average molecular weight is 504 g/mol. The Bertz CT molecular complexity index is 1110. The summed E-state index contributed by atoms with van der Waals surface area (Å²) in [5, 5.41) is 0. The second kappa shape index (κ2) is 11.9. The van der Waals surface area contributed by atoms with E-state index < -0.39 is 35.2 Å². The number of piperidine rings is 1. The Labute approximate surface area is 208 Å². The molecule has 0 N–H and O–H groups in total. The Morgan fingerprint density at radius 2 is 1.61 bits per heavy atom. The van der Waals surface area contributed by atoms with Crippen molar-refractivity contribution in [3.05, 3.63) is 101 Å². The van der Waals surface area contributed by atoms with Gasteiger partial charge >= 0.3 is 6.18 Å². The zero-order valence-electron chi connectivity index (χ0n) is 20.0. The van der Waals surface area contributed by atoms with Crippen LogP contribution in [0.5, 0.6) is 5.75 Å². The van der Waals surface area contributed by atoms with E-state index >= 15 is 0 Å². The first-order valence-electron chi connectivity index (χ1n) is 12.4. The van der Waals surface area contributed by atoms with Crippen LogP contribution in [0.3, 0.4) is 0 Å². The molecule has 3 aromatic carbocycles. The molecule has 0 amide bonds. The van der Waals surface area contributed by atoms with E-state index in [4.69, 9.17) is 4.74 Å². The van der Waals surface area contributed by atoms with Crippen molar-refractivity contribution in [2.45, 2.75) is 50.3 Å². The van der Waals surface area contributed by atoms with Crippen molar-refractivity contribution in [2.75, 3.05) is 19.6 Å². The van der Waals surface area contributed by atoms with E-state index in [9.17, 15) is 22.0 Å². The van der Waals surface area contributed by atoms with Gasteiger partial charge < -0.3 is 9.64 Å². The van der Waals surface area contributed by atoms with Crippen LogP contribution in [-0.4, -0.2) is 24.5 Å². The van der Waals surface area contributed by atoms with Gasteiger partial charge in [0.15, 0.2) is 11.6 Å². The molecule has 0 radical (unpaired) electrons. The summed E-state index contributed by atoms with van der Waals surface area (Å²) in [7, 11) is 0. The molecule has 0 aliphatic carbocycles. The Morgan fingerprint density at radius 1 is 0.861 bits per heavy atom. The Hall–Kier alpha value is -2.93. The van der Waals surface area contributed by atoms with Crippen LogP contribution >= 0.6 is 0 Å². The topological polar surface area (TPSA) is 12.5 Å². The van der Waals surface area contributed by atoms with Crippen molar-refractivity contribution in [2.24, 2.45) is 0 Å². The van der Waals surface area contributed by atoms with Crippen LogP contribution in [0.15, 0.2) is 72.8 Å². The number of hydrogen-bond acceptors (Lipinski definition) is 2. The number of ether oxygens (including phenoxy) is 1. The molecule has 2 nitrogen and oxygen atoms in total. The van der Waals surface area contributed by atoms with Gasteiger partial charge in [-0.25, -0.2) is 8.78 Å². The summed E-state index contributed by atoms with van der Waals surface area (Å²) in [6.07, 6.45) is -1.17. The van der Waals surface area contributed by atoms with Gasteiger partial charge in [0.1, 0.15) is 11.9 Å². The van der Waals surface area contributed by atoms with Gasteiger partial charge in [0.05, 0.1) is 5.56 Å². The molecule has 0 saturated carbocycles. The first kappa shape index (κ1) is 26.1. The lowest BCUT2D eigenvalue weighted by Crippen LogP contribution is -2.33. The van der Waals surface area contributed by atoms with Crippen molar-refractivity contribution >= 4 is 0 Å². The Morgan fingerprint density at radius 3 is 2.31 bits per heavy atom. The molecule has 1 saturated heterocycles. The fraction of sp³-hybridized carbons (Fsp3) is 0.379. The SMILES string of the molecule is Fc1cccc(C(CCCCN2CCC(c3ccccc3)CC2)Oc2cc(C(F)(F)F)ccc2F)c1. The van der Waals surface area contributed by atoms with Gasteiger partial charge in [-0.3, -0.25) is 0 Å².